The lowest BCUT2D eigenvalue weighted by Gasteiger charge is -2.41. The van der Waals surface area contributed by atoms with Gasteiger partial charge in [0.05, 0.1) is 11.4 Å². The Balaban J connectivity index is 1.62. The summed E-state index contributed by atoms with van der Waals surface area (Å²) in [5.74, 6) is 0.637. The van der Waals surface area contributed by atoms with E-state index in [0.29, 0.717) is 5.91 Å². The van der Waals surface area contributed by atoms with Crippen LogP contribution in [0.4, 0.5) is 0 Å². The molecular weight excluding hydrogens is 312 g/mol. The maximum absolute atomic E-state index is 12.9. The molecule has 1 aliphatic heterocycles. The van der Waals surface area contributed by atoms with E-state index in [9.17, 15) is 4.79 Å². The summed E-state index contributed by atoms with van der Waals surface area (Å²) >= 11 is 0. The molecule has 5 nitrogen and oxygen atoms in total. The Labute approximate surface area is 149 Å². The zero-order chi connectivity index (χ0) is 17.6. The minimum absolute atomic E-state index is 0.0706. The van der Waals surface area contributed by atoms with Gasteiger partial charge < -0.3 is 4.90 Å². The monoisotopic (exact) mass is 340 g/mol. The van der Waals surface area contributed by atoms with Crippen molar-refractivity contribution < 1.29 is 4.79 Å². The Morgan fingerprint density at radius 3 is 2.76 bits per heavy atom. The molecule has 0 aromatic carbocycles. The summed E-state index contributed by atoms with van der Waals surface area (Å²) < 4.78 is 1.86. The molecule has 3 heterocycles. The summed E-state index contributed by atoms with van der Waals surface area (Å²) in [4.78, 5) is 19.9. The Kier molecular flexibility index (Phi) is 4.05. The zero-order valence-electron chi connectivity index (χ0n) is 15.6. The Morgan fingerprint density at radius 1 is 1.24 bits per heavy atom. The smallest absolute Gasteiger partial charge is 0.225 e. The highest BCUT2D eigenvalue weighted by Gasteiger charge is 2.38. The van der Waals surface area contributed by atoms with Crippen molar-refractivity contribution in [2.45, 2.75) is 57.8 Å². The standard InChI is InChI=1S/C20H28N4O/c1-14-16-9-10-17(21-18(16)23(3)22-14)20(2)11-6-12-24(13-20)19(25)15-7-4-5-8-15/h9-10,15H,4-8,11-13H2,1-3H3. The number of fused-ring (bicyclic) bond motifs is 1. The number of rotatable bonds is 2. The minimum atomic E-state index is -0.0706. The van der Waals surface area contributed by atoms with Gasteiger partial charge in [0.1, 0.15) is 0 Å². The first-order valence-corrected chi connectivity index (χ1v) is 9.57. The van der Waals surface area contributed by atoms with Crippen LogP contribution in [0.25, 0.3) is 11.0 Å². The van der Waals surface area contributed by atoms with Crippen LogP contribution in [-0.4, -0.2) is 38.7 Å². The number of aryl methyl sites for hydroxylation is 2. The van der Waals surface area contributed by atoms with E-state index in [1.807, 2.05) is 18.7 Å². The summed E-state index contributed by atoms with van der Waals surface area (Å²) in [6.45, 7) is 5.97. The predicted octanol–water partition coefficient (Wildman–Crippen LogP) is 3.35. The highest BCUT2D eigenvalue weighted by atomic mass is 16.2. The first-order chi connectivity index (χ1) is 12.0. The van der Waals surface area contributed by atoms with Gasteiger partial charge in [-0.1, -0.05) is 19.8 Å². The molecule has 0 radical (unpaired) electrons. The fourth-order valence-corrected chi connectivity index (χ4v) is 4.71. The van der Waals surface area contributed by atoms with Crippen molar-refractivity contribution in [1.82, 2.24) is 19.7 Å². The molecule has 25 heavy (non-hydrogen) atoms. The van der Waals surface area contributed by atoms with Crippen LogP contribution >= 0.6 is 0 Å². The number of aromatic nitrogens is 3. The lowest BCUT2D eigenvalue weighted by molar-refractivity contribution is -0.137. The molecule has 1 amide bonds. The third kappa shape index (κ3) is 2.83. The Hall–Kier alpha value is -1.91. The number of pyridine rings is 1. The first-order valence-electron chi connectivity index (χ1n) is 9.57. The van der Waals surface area contributed by atoms with Crippen LogP contribution in [0.15, 0.2) is 12.1 Å². The molecule has 5 heteroatoms. The third-order valence-electron chi connectivity index (χ3n) is 6.20. The number of amides is 1. The van der Waals surface area contributed by atoms with E-state index in [1.54, 1.807) is 0 Å². The summed E-state index contributed by atoms with van der Waals surface area (Å²) in [5.41, 5.74) is 2.98. The maximum Gasteiger partial charge on any atom is 0.225 e. The second-order valence-electron chi connectivity index (χ2n) is 8.18. The molecule has 1 saturated heterocycles. The van der Waals surface area contributed by atoms with Gasteiger partial charge in [0.2, 0.25) is 5.91 Å². The van der Waals surface area contributed by atoms with Crippen molar-refractivity contribution >= 4 is 16.9 Å². The highest BCUT2D eigenvalue weighted by molar-refractivity contribution is 5.80. The summed E-state index contributed by atoms with van der Waals surface area (Å²) in [7, 11) is 1.95. The molecule has 2 fully saturated rings. The van der Waals surface area contributed by atoms with Gasteiger partial charge in [0, 0.05) is 36.9 Å². The maximum atomic E-state index is 12.9. The molecule has 2 aromatic heterocycles. The van der Waals surface area contributed by atoms with E-state index in [-0.39, 0.29) is 11.3 Å². The van der Waals surface area contributed by atoms with Gasteiger partial charge in [-0.15, -0.1) is 0 Å². The van der Waals surface area contributed by atoms with Crippen molar-refractivity contribution in [2.75, 3.05) is 13.1 Å². The van der Waals surface area contributed by atoms with Crippen molar-refractivity contribution in [3.05, 3.63) is 23.5 Å². The van der Waals surface area contributed by atoms with Crippen molar-refractivity contribution in [3.8, 4) is 0 Å². The second kappa shape index (κ2) is 6.11. The summed E-state index contributed by atoms with van der Waals surface area (Å²) in [6.07, 6.45) is 6.70. The number of piperidine rings is 1. The van der Waals surface area contributed by atoms with Crippen LogP contribution in [0.1, 0.15) is 56.8 Å². The molecule has 1 unspecified atom stereocenters. The summed E-state index contributed by atoms with van der Waals surface area (Å²) in [6, 6.07) is 4.28. The molecular formula is C20H28N4O. The molecule has 1 atom stereocenters. The normalized spacial score (nSPS) is 25.0. The van der Waals surface area contributed by atoms with Crippen LogP contribution < -0.4 is 0 Å². The number of hydrogen-bond acceptors (Lipinski definition) is 3. The van der Waals surface area contributed by atoms with Crippen LogP contribution in [0.3, 0.4) is 0 Å². The van der Waals surface area contributed by atoms with E-state index in [4.69, 9.17) is 4.98 Å². The average Bonchev–Trinajstić information content (AvgIpc) is 3.23. The van der Waals surface area contributed by atoms with Gasteiger partial charge >= 0.3 is 0 Å². The van der Waals surface area contributed by atoms with Crippen LogP contribution in [0.5, 0.6) is 0 Å². The zero-order valence-corrected chi connectivity index (χ0v) is 15.6. The number of carbonyl (C=O) groups is 1. The molecule has 0 spiro atoms. The molecule has 0 bridgehead atoms. The lowest BCUT2D eigenvalue weighted by Crippen LogP contribution is -2.49. The van der Waals surface area contributed by atoms with Crippen LogP contribution in [0, 0.1) is 12.8 Å². The lowest BCUT2D eigenvalue weighted by atomic mass is 9.78. The quantitative estimate of drug-likeness (QED) is 0.842. The fraction of sp³-hybridized carbons (Fsp3) is 0.650. The SMILES string of the molecule is Cc1nn(C)c2nc(C3(C)CCCN(C(=O)C4CCCC4)C3)ccc12. The largest absolute Gasteiger partial charge is 0.342 e. The molecule has 2 aliphatic rings. The van der Waals surface area contributed by atoms with E-state index < -0.39 is 0 Å². The first kappa shape index (κ1) is 16.6. The second-order valence-corrected chi connectivity index (χ2v) is 8.18. The fourth-order valence-electron chi connectivity index (χ4n) is 4.71. The molecule has 2 aromatic rings. The van der Waals surface area contributed by atoms with Gasteiger partial charge in [-0.05, 0) is 44.7 Å². The molecule has 134 valence electrons. The van der Waals surface area contributed by atoms with Gasteiger partial charge in [0.15, 0.2) is 5.65 Å². The van der Waals surface area contributed by atoms with E-state index in [2.05, 4.69) is 29.1 Å². The molecule has 0 N–H and O–H groups in total. The number of carbonyl (C=O) groups excluding carboxylic acids is 1. The van der Waals surface area contributed by atoms with Crippen molar-refractivity contribution in [1.29, 1.82) is 0 Å². The van der Waals surface area contributed by atoms with Gasteiger partial charge in [0.25, 0.3) is 0 Å². The number of nitrogens with zero attached hydrogens (tertiary/aromatic N) is 4. The van der Waals surface area contributed by atoms with Crippen molar-refractivity contribution in [2.24, 2.45) is 13.0 Å². The van der Waals surface area contributed by atoms with Crippen LogP contribution in [0.2, 0.25) is 0 Å². The molecule has 1 saturated carbocycles. The predicted molar refractivity (Wildman–Crippen MR) is 98.4 cm³/mol. The highest BCUT2D eigenvalue weighted by Crippen LogP contribution is 2.36. The molecule has 4 rings (SSSR count). The van der Waals surface area contributed by atoms with E-state index in [0.717, 1.165) is 61.2 Å². The third-order valence-corrected chi connectivity index (χ3v) is 6.20. The van der Waals surface area contributed by atoms with Gasteiger partial charge in [-0.3, -0.25) is 9.48 Å². The Morgan fingerprint density at radius 2 is 2.00 bits per heavy atom. The average molecular weight is 340 g/mol. The van der Waals surface area contributed by atoms with Crippen molar-refractivity contribution in [3.63, 3.8) is 0 Å². The summed E-state index contributed by atoms with van der Waals surface area (Å²) in [5, 5.41) is 5.60. The number of hydrogen-bond donors (Lipinski definition) is 0. The minimum Gasteiger partial charge on any atom is -0.342 e. The topological polar surface area (TPSA) is 51.0 Å². The van der Waals surface area contributed by atoms with E-state index in [1.165, 1.54) is 12.8 Å². The number of likely N-dealkylation sites (tertiary alicyclic amines) is 1. The van der Waals surface area contributed by atoms with Gasteiger partial charge in [-0.2, -0.15) is 5.10 Å². The van der Waals surface area contributed by atoms with Gasteiger partial charge in [-0.25, -0.2) is 4.98 Å². The molecule has 1 aliphatic carbocycles. The van der Waals surface area contributed by atoms with Crippen LogP contribution in [-0.2, 0) is 17.3 Å². The Bertz CT molecular complexity index is 805. The van der Waals surface area contributed by atoms with E-state index >= 15 is 0 Å².